The molecule has 146 valence electrons. The van der Waals surface area contributed by atoms with Crippen molar-refractivity contribution in [2.75, 3.05) is 5.32 Å². The first kappa shape index (κ1) is 20.4. The number of hydrogen-bond donors (Lipinski definition) is 1. The molecule has 0 unspecified atom stereocenters. The van der Waals surface area contributed by atoms with Gasteiger partial charge < -0.3 is 9.88 Å². The van der Waals surface area contributed by atoms with E-state index in [0.717, 1.165) is 28.2 Å². The summed E-state index contributed by atoms with van der Waals surface area (Å²) in [7, 11) is 0. The maximum absolute atomic E-state index is 12.7. The topological polar surface area (TPSA) is 57.8 Å². The molecule has 0 fully saturated rings. The van der Waals surface area contributed by atoms with E-state index in [4.69, 9.17) is 11.6 Å². The SMILES string of the molecule is Cc1ccc(-n2c(C)cc(/C=C(\C#N)C(=O)Nc3cccc(Cl)c3C)c2C)cc1. The summed E-state index contributed by atoms with van der Waals surface area (Å²) in [6.45, 7) is 7.86. The van der Waals surface area contributed by atoms with Gasteiger partial charge in [0, 0.05) is 27.8 Å². The smallest absolute Gasteiger partial charge is 0.266 e. The highest BCUT2D eigenvalue weighted by Crippen LogP contribution is 2.25. The quantitative estimate of drug-likeness (QED) is 0.434. The van der Waals surface area contributed by atoms with Gasteiger partial charge in [0.15, 0.2) is 0 Å². The average molecular weight is 404 g/mol. The number of aryl methyl sites for hydroxylation is 2. The lowest BCUT2D eigenvalue weighted by atomic mass is 10.1. The second-order valence-electron chi connectivity index (χ2n) is 7.03. The summed E-state index contributed by atoms with van der Waals surface area (Å²) in [5.74, 6) is -0.460. The van der Waals surface area contributed by atoms with E-state index >= 15 is 0 Å². The molecule has 0 aliphatic heterocycles. The lowest BCUT2D eigenvalue weighted by Gasteiger charge is -2.10. The van der Waals surface area contributed by atoms with E-state index in [0.29, 0.717) is 10.7 Å². The highest BCUT2D eigenvalue weighted by Gasteiger charge is 2.15. The van der Waals surface area contributed by atoms with Crippen LogP contribution in [0.15, 0.2) is 54.1 Å². The Balaban J connectivity index is 1.94. The zero-order valence-electron chi connectivity index (χ0n) is 16.9. The highest BCUT2D eigenvalue weighted by molar-refractivity contribution is 6.31. The van der Waals surface area contributed by atoms with Crippen LogP contribution in [0.25, 0.3) is 11.8 Å². The Bertz CT molecular complexity index is 1150. The molecular formula is C24H22ClN3O. The van der Waals surface area contributed by atoms with E-state index in [1.54, 1.807) is 24.3 Å². The van der Waals surface area contributed by atoms with Crippen molar-refractivity contribution in [3.05, 3.63) is 87.2 Å². The second kappa shape index (κ2) is 8.38. The van der Waals surface area contributed by atoms with Gasteiger partial charge in [0.05, 0.1) is 0 Å². The summed E-state index contributed by atoms with van der Waals surface area (Å²) in [5, 5.41) is 12.9. The standard InChI is InChI=1S/C24H22ClN3O/c1-15-8-10-21(11-9-15)28-16(2)12-19(18(28)4)13-20(14-26)24(29)27-23-7-5-6-22(25)17(23)3/h5-13H,1-4H3,(H,27,29)/b20-13+. The van der Waals surface area contributed by atoms with Crippen LogP contribution in [0.4, 0.5) is 5.69 Å². The minimum absolute atomic E-state index is 0.0357. The van der Waals surface area contributed by atoms with Crippen molar-refractivity contribution in [3.63, 3.8) is 0 Å². The van der Waals surface area contributed by atoms with Crippen molar-refractivity contribution in [1.29, 1.82) is 5.26 Å². The summed E-state index contributed by atoms with van der Waals surface area (Å²) in [4.78, 5) is 12.7. The van der Waals surface area contributed by atoms with Crippen molar-refractivity contribution < 1.29 is 4.79 Å². The number of hydrogen-bond acceptors (Lipinski definition) is 2. The monoisotopic (exact) mass is 403 g/mol. The molecule has 0 spiro atoms. The van der Waals surface area contributed by atoms with Gasteiger partial charge in [-0.05, 0) is 75.2 Å². The van der Waals surface area contributed by atoms with Crippen LogP contribution in [0.2, 0.25) is 5.02 Å². The molecule has 5 heteroatoms. The van der Waals surface area contributed by atoms with E-state index < -0.39 is 5.91 Å². The number of anilines is 1. The molecule has 1 aromatic heterocycles. The van der Waals surface area contributed by atoms with Crippen molar-refractivity contribution in [2.24, 2.45) is 0 Å². The van der Waals surface area contributed by atoms with Gasteiger partial charge >= 0.3 is 0 Å². The molecule has 3 aromatic rings. The molecule has 0 radical (unpaired) electrons. The number of aromatic nitrogens is 1. The van der Waals surface area contributed by atoms with Gasteiger partial charge in [-0.3, -0.25) is 4.79 Å². The Morgan fingerprint density at radius 1 is 1.10 bits per heavy atom. The normalized spacial score (nSPS) is 11.2. The van der Waals surface area contributed by atoms with Gasteiger partial charge in [0.25, 0.3) is 5.91 Å². The molecule has 0 saturated carbocycles. The minimum atomic E-state index is -0.460. The zero-order valence-corrected chi connectivity index (χ0v) is 17.6. The number of carbonyl (C=O) groups excluding carboxylic acids is 1. The molecule has 3 rings (SSSR count). The highest BCUT2D eigenvalue weighted by atomic mass is 35.5. The van der Waals surface area contributed by atoms with Crippen LogP contribution < -0.4 is 5.32 Å². The Morgan fingerprint density at radius 3 is 2.45 bits per heavy atom. The number of benzene rings is 2. The van der Waals surface area contributed by atoms with Crippen LogP contribution in [0.1, 0.15) is 28.1 Å². The number of rotatable bonds is 4. The molecule has 1 heterocycles. The first-order valence-corrected chi connectivity index (χ1v) is 9.64. The van der Waals surface area contributed by atoms with E-state index in [2.05, 4.69) is 34.1 Å². The Hall–Kier alpha value is -3.29. The van der Waals surface area contributed by atoms with Gasteiger partial charge in [-0.25, -0.2) is 0 Å². The zero-order chi connectivity index (χ0) is 21.1. The van der Waals surface area contributed by atoms with Crippen LogP contribution in [0.5, 0.6) is 0 Å². The van der Waals surface area contributed by atoms with Gasteiger partial charge in [-0.2, -0.15) is 5.26 Å². The Morgan fingerprint density at radius 2 is 1.79 bits per heavy atom. The first-order chi connectivity index (χ1) is 13.8. The van der Waals surface area contributed by atoms with Crippen LogP contribution in [-0.2, 0) is 4.79 Å². The van der Waals surface area contributed by atoms with Crippen molar-refractivity contribution >= 4 is 29.3 Å². The van der Waals surface area contributed by atoms with Crippen molar-refractivity contribution in [1.82, 2.24) is 4.57 Å². The molecule has 0 saturated heterocycles. The third kappa shape index (κ3) is 4.26. The molecular weight excluding hydrogens is 382 g/mol. The number of nitrogens with zero attached hydrogens (tertiary/aromatic N) is 2. The van der Waals surface area contributed by atoms with Crippen LogP contribution in [0, 0.1) is 39.0 Å². The lowest BCUT2D eigenvalue weighted by molar-refractivity contribution is -0.112. The predicted octanol–water partition coefficient (Wildman–Crippen LogP) is 5.91. The molecule has 0 aliphatic rings. The molecule has 2 aromatic carbocycles. The van der Waals surface area contributed by atoms with Gasteiger partial charge in [-0.1, -0.05) is 35.4 Å². The summed E-state index contributed by atoms with van der Waals surface area (Å²) < 4.78 is 2.11. The molecule has 29 heavy (non-hydrogen) atoms. The lowest BCUT2D eigenvalue weighted by Crippen LogP contribution is -2.14. The number of carbonyl (C=O) groups is 1. The molecule has 0 aliphatic carbocycles. The summed E-state index contributed by atoms with van der Waals surface area (Å²) >= 11 is 6.12. The van der Waals surface area contributed by atoms with Crippen molar-refractivity contribution in [2.45, 2.75) is 27.7 Å². The fourth-order valence-corrected chi connectivity index (χ4v) is 3.44. The first-order valence-electron chi connectivity index (χ1n) is 9.26. The van der Waals surface area contributed by atoms with E-state index in [9.17, 15) is 10.1 Å². The van der Waals surface area contributed by atoms with Crippen LogP contribution in [0.3, 0.4) is 0 Å². The summed E-state index contributed by atoms with van der Waals surface area (Å²) in [6, 6.07) is 17.5. The largest absolute Gasteiger partial charge is 0.321 e. The molecule has 0 atom stereocenters. The Labute approximate surface area is 176 Å². The minimum Gasteiger partial charge on any atom is -0.321 e. The van der Waals surface area contributed by atoms with E-state index in [1.807, 2.05) is 39.8 Å². The second-order valence-corrected chi connectivity index (χ2v) is 7.44. The van der Waals surface area contributed by atoms with Gasteiger partial charge in [0.1, 0.15) is 11.6 Å². The van der Waals surface area contributed by atoms with Crippen LogP contribution in [-0.4, -0.2) is 10.5 Å². The number of nitrogens with one attached hydrogen (secondary N) is 1. The number of nitriles is 1. The molecule has 1 N–H and O–H groups in total. The number of amides is 1. The third-order valence-electron chi connectivity index (χ3n) is 4.94. The van der Waals surface area contributed by atoms with Gasteiger partial charge in [0.2, 0.25) is 0 Å². The van der Waals surface area contributed by atoms with Crippen LogP contribution >= 0.6 is 11.6 Å². The van der Waals surface area contributed by atoms with E-state index in [1.165, 1.54) is 5.56 Å². The third-order valence-corrected chi connectivity index (χ3v) is 5.35. The fourth-order valence-electron chi connectivity index (χ4n) is 3.26. The summed E-state index contributed by atoms with van der Waals surface area (Å²) in [6.07, 6.45) is 1.63. The predicted molar refractivity (Wildman–Crippen MR) is 118 cm³/mol. The average Bonchev–Trinajstić information content (AvgIpc) is 2.97. The molecule has 4 nitrogen and oxygen atoms in total. The molecule has 1 amide bonds. The van der Waals surface area contributed by atoms with Crippen molar-refractivity contribution in [3.8, 4) is 11.8 Å². The van der Waals surface area contributed by atoms with Gasteiger partial charge in [-0.15, -0.1) is 0 Å². The maximum Gasteiger partial charge on any atom is 0.266 e. The summed E-state index contributed by atoms with van der Waals surface area (Å²) in [5.41, 5.74) is 6.45. The molecule has 0 bridgehead atoms. The number of halogens is 1. The maximum atomic E-state index is 12.7. The fraction of sp³-hybridized carbons (Fsp3) is 0.167. The Kier molecular flexibility index (Phi) is 5.91. The van der Waals surface area contributed by atoms with E-state index in [-0.39, 0.29) is 5.57 Å².